The monoisotopic (exact) mass is 367 g/mol. The lowest BCUT2D eigenvalue weighted by molar-refractivity contribution is -0.141. The zero-order valence-corrected chi connectivity index (χ0v) is 15.9. The molecule has 26 heavy (non-hydrogen) atoms. The van der Waals surface area contributed by atoms with Crippen molar-refractivity contribution in [3.05, 3.63) is 18.2 Å². The minimum absolute atomic E-state index is 0.178. The molecule has 0 saturated heterocycles. The highest BCUT2D eigenvalue weighted by Crippen LogP contribution is 2.29. The number of hydrogen-bond donors (Lipinski definition) is 3. The average Bonchev–Trinajstić information content (AvgIpc) is 2.64. The van der Waals surface area contributed by atoms with E-state index in [1.54, 1.807) is 18.2 Å². The van der Waals surface area contributed by atoms with E-state index in [2.05, 4.69) is 15.5 Å². The Morgan fingerprint density at radius 3 is 2.42 bits per heavy atom. The van der Waals surface area contributed by atoms with Crippen LogP contribution in [0.5, 0.6) is 11.5 Å². The van der Waals surface area contributed by atoms with Crippen LogP contribution in [0, 0.1) is 0 Å². The molecule has 0 aliphatic heterocycles. The van der Waals surface area contributed by atoms with E-state index < -0.39 is 17.9 Å². The van der Waals surface area contributed by atoms with Gasteiger partial charge in [0.25, 0.3) is 0 Å². The van der Waals surface area contributed by atoms with E-state index in [0.29, 0.717) is 23.7 Å². The Morgan fingerprint density at radius 1 is 1.19 bits per heavy atom. The first-order valence-corrected chi connectivity index (χ1v) is 8.65. The highest BCUT2D eigenvalue weighted by atomic mass is 16.5. The minimum atomic E-state index is -1.05. The molecule has 0 radical (unpaired) electrons. The first-order chi connectivity index (χ1) is 12.4. The fourth-order valence-corrected chi connectivity index (χ4v) is 2.47. The van der Waals surface area contributed by atoms with Crippen LogP contribution in [0.2, 0.25) is 0 Å². The van der Waals surface area contributed by atoms with Gasteiger partial charge in [0.1, 0.15) is 17.5 Å². The van der Waals surface area contributed by atoms with Crippen molar-refractivity contribution in [2.24, 2.45) is 0 Å². The summed E-state index contributed by atoms with van der Waals surface area (Å²) in [6, 6.07) is 4.04. The summed E-state index contributed by atoms with van der Waals surface area (Å²) < 4.78 is 10.3. The van der Waals surface area contributed by atoms with Crippen LogP contribution in [0.25, 0.3) is 0 Å². The standard InChI is InChI=1S/C18H29N3O5/c1-5-21(6-2)10-9-19-15(18(23)24)12-17(22)20-14-8-7-13(25-3)11-16(14)26-4/h7-8,11,15,19H,5-6,9-10,12H2,1-4H3,(H,20,22)(H,23,24)/t15-/m0/s1. The number of carbonyl (C=O) groups is 2. The molecule has 0 aliphatic carbocycles. The number of aliphatic carboxylic acids is 1. The maximum Gasteiger partial charge on any atom is 0.321 e. The van der Waals surface area contributed by atoms with Gasteiger partial charge in [0, 0.05) is 19.2 Å². The maximum atomic E-state index is 12.2. The first kappa shape index (κ1) is 21.7. The summed E-state index contributed by atoms with van der Waals surface area (Å²) in [5.74, 6) is -0.419. The van der Waals surface area contributed by atoms with Crippen molar-refractivity contribution in [1.29, 1.82) is 0 Å². The zero-order valence-electron chi connectivity index (χ0n) is 15.9. The number of nitrogens with zero attached hydrogens (tertiary/aromatic N) is 1. The lowest BCUT2D eigenvalue weighted by atomic mass is 10.2. The molecule has 0 aromatic heterocycles. The third-order valence-corrected chi connectivity index (χ3v) is 4.08. The van der Waals surface area contributed by atoms with Gasteiger partial charge < -0.3 is 30.1 Å². The second kappa shape index (κ2) is 11.3. The van der Waals surface area contributed by atoms with E-state index in [1.165, 1.54) is 14.2 Å². The normalized spacial score (nSPS) is 11.9. The summed E-state index contributed by atoms with van der Waals surface area (Å²) >= 11 is 0. The lowest BCUT2D eigenvalue weighted by Gasteiger charge is -2.20. The zero-order chi connectivity index (χ0) is 19.5. The number of carboxylic acid groups (broad SMARTS) is 1. The Hall–Kier alpha value is -2.32. The quantitative estimate of drug-likeness (QED) is 0.514. The summed E-state index contributed by atoms with van der Waals surface area (Å²) in [5, 5.41) is 15.0. The largest absolute Gasteiger partial charge is 0.497 e. The third-order valence-electron chi connectivity index (χ3n) is 4.08. The van der Waals surface area contributed by atoms with Crippen molar-refractivity contribution < 1.29 is 24.2 Å². The van der Waals surface area contributed by atoms with Crippen LogP contribution in [-0.2, 0) is 9.59 Å². The van der Waals surface area contributed by atoms with Gasteiger partial charge in [-0.25, -0.2) is 0 Å². The summed E-state index contributed by atoms with van der Waals surface area (Å²) in [5.41, 5.74) is 0.463. The number of carbonyl (C=O) groups excluding carboxylic acids is 1. The summed E-state index contributed by atoms with van der Waals surface area (Å²) in [6.45, 7) is 7.12. The van der Waals surface area contributed by atoms with Gasteiger partial charge in [-0.15, -0.1) is 0 Å². The van der Waals surface area contributed by atoms with Crippen LogP contribution < -0.4 is 20.1 Å². The van der Waals surface area contributed by atoms with Crippen LogP contribution in [0.4, 0.5) is 5.69 Å². The number of anilines is 1. The molecule has 1 amide bonds. The van der Waals surface area contributed by atoms with Crippen molar-refractivity contribution in [2.75, 3.05) is 45.7 Å². The number of rotatable bonds is 12. The fraction of sp³-hybridized carbons (Fsp3) is 0.556. The Bertz CT molecular complexity index is 590. The second-order valence-corrected chi connectivity index (χ2v) is 5.69. The summed E-state index contributed by atoms with van der Waals surface area (Å²) in [4.78, 5) is 25.8. The molecule has 1 atom stereocenters. The summed E-state index contributed by atoms with van der Waals surface area (Å²) in [7, 11) is 3.02. The van der Waals surface area contributed by atoms with Crippen molar-refractivity contribution >= 4 is 17.6 Å². The number of hydrogen-bond acceptors (Lipinski definition) is 6. The molecule has 1 aromatic carbocycles. The number of benzene rings is 1. The molecule has 0 fully saturated rings. The molecule has 0 unspecified atom stereocenters. The van der Waals surface area contributed by atoms with Gasteiger partial charge in [-0.2, -0.15) is 0 Å². The average molecular weight is 367 g/mol. The van der Waals surface area contributed by atoms with Gasteiger partial charge in [0.05, 0.1) is 26.3 Å². The van der Waals surface area contributed by atoms with Gasteiger partial charge in [0.15, 0.2) is 0 Å². The van der Waals surface area contributed by atoms with E-state index in [4.69, 9.17) is 9.47 Å². The molecule has 0 spiro atoms. The van der Waals surface area contributed by atoms with Crippen LogP contribution in [0.1, 0.15) is 20.3 Å². The molecule has 1 rings (SSSR count). The topological polar surface area (TPSA) is 100 Å². The Morgan fingerprint density at radius 2 is 1.88 bits per heavy atom. The molecule has 0 saturated carbocycles. The Labute approximate surface area is 154 Å². The van der Waals surface area contributed by atoms with Gasteiger partial charge in [-0.1, -0.05) is 13.8 Å². The molecule has 8 nitrogen and oxygen atoms in total. The number of nitrogens with one attached hydrogen (secondary N) is 2. The molecule has 8 heteroatoms. The number of likely N-dealkylation sites (N-methyl/N-ethyl adjacent to an activating group) is 1. The van der Waals surface area contributed by atoms with Crippen molar-refractivity contribution in [2.45, 2.75) is 26.3 Å². The van der Waals surface area contributed by atoms with Gasteiger partial charge in [-0.05, 0) is 25.2 Å². The van der Waals surface area contributed by atoms with Crippen LogP contribution in [-0.4, -0.2) is 68.3 Å². The first-order valence-electron chi connectivity index (χ1n) is 8.65. The van der Waals surface area contributed by atoms with Crippen molar-refractivity contribution in [1.82, 2.24) is 10.2 Å². The molecule has 0 bridgehead atoms. The van der Waals surface area contributed by atoms with Crippen LogP contribution >= 0.6 is 0 Å². The molecule has 3 N–H and O–H groups in total. The third kappa shape index (κ3) is 6.89. The highest BCUT2D eigenvalue weighted by molar-refractivity contribution is 5.95. The molecular weight excluding hydrogens is 338 g/mol. The van der Waals surface area contributed by atoms with Gasteiger partial charge in [0.2, 0.25) is 5.91 Å². The van der Waals surface area contributed by atoms with Gasteiger partial charge in [-0.3, -0.25) is 9.59 Å². The lowest BCUT2D eigenvalue weighted by Crippen LogP contribution is -2.43. The molecule has 146 valence electrons. The van der Waals surface area contributed by atoms with Gasteiger partial charge >= 0.3 is 5.97 Å². The molecule has 1 aromatic rings. The van der Waals surface area contributed by atoms with E-state index in [0.717, 1.165) is 19.6 Å². The number of methoxy groups -OCH3 is 2. The SMILES string of the molecule is CCN(CC)CCN[C@@H](CC(=O)Nc1ccc(OC)cc1OC)C(=O)O. The number of carboxylic acids is 1. The molecular formula is C18H29N3O5. The van der Waals surface area contributed by atoms with E-state index in [9.17, 15) is 14.7 Å². The van der Waals surface area contributed by atoms with E-state index in [-0.39, 0.29) is 6.42 Å². The highest BCUT2D eigenvalue weighted by Gasteiger charge is 2.21. The van der Waals surface area contributed by atoms with Crippen molar-refractivity contribution in [3.63, 3.8) is 0 Å². The predicted molar refractivity (Wildman–Crippen MR) is 100 cm³/mol. The van der Waals surface area contributed by atoms with Crippen LogP contribution in [0.15, 0.2) is 18.2 Å². The molecule has 0 heterocycles. The van der Waals surface area contributed by atoms with E-state index in [1.807, 2.05) is 13.8 Å². The summed E-state index contributed by atoms with van der Waals surface area (Å²) in [6.07, 6.45) is -0.178. The minimum Gasteiger partial charge on any atom is -0.497 e. The number of amides is 1. The second-order valence-electron chi connectivity index (χ2n) is 5.69. The fourth-order valence-electron chi connectivity index (χ4n) is 2.47. The predicted octanol–water partition coefficient (Wildman–Crippen LogP) is 1.42. The Kier molecular flexibility index (Phi) is 9.46. The maximum absolute atomic E-state index is 12.2. The number of ether oxygens (including phenoxy) is 2. The molecule has 0 aliphatic rings. The van der Waals surface area contributed by atoms with E-state index >= 15 is 0 Å². The van der Waals surface area contributed by atoms with Crippen molar-refractivity contribution in [3.8, 4) is 11.5 Å². The smallest absolute Gasteiger partial charge is 0.321 e. The van der Waals surface area contributed by atoms with Crippen LogP contribution in [0.3, 0.4) is 0 Å². The Balaban J connectivity index is 2.63.